The molecule has 2 aromatic rings. The van der Waals surface area contributed by atoms with E-state index in [0.29, 0.717) is 6.54 Å². The van der Waals surface area contributed by atoms with Gasteiger partial charge in [0.1, 0.15) is 0 Å². The number of nitrogens with two attached hydrogens (primary N) is 1. The van der Waals surface area contributed by atoms with Gasteiger partial charge in [0.15, 0.2) is 0 Å². The highest BCUT2D eigenvalue weighted by Crippen LogP contribution is 2.22. The number of aromatic nitrogens is 2. The predicted molar refractivity (Wildman–Crippen MR) is 81.3 cm³/mol. The summed E-state index contributed by atoms with van der Waals surface area (Å²) >= 11 is 0. The van der Waals surface area contributed by atoms with Crippen molar-refractivity contribution < 1.29 is 0 Å². The molecule has 0 fully saturated rings. The van der Waals surface area contributed by atoms with Crippen molar-refractivity contribution >= 4 is 5.69 Å². The van der Waals surface area contributed by atoms with E-state index >= 15 is 0 Å². The van der Waals surface area contributed by atoms with Crippen molar-refractivity contribution in [3.8, 4) is 0 Å². The van der Waals surface area contributed by atoms with Gasteiger partial charge in [0.05, 0.1) is 17.9 Å². The largest absolute Gasteiger partial charge is 0.377 e. The van der Waals surface area contributed by atoms with Crippen molar-refractivity contribution in [2.24, 2.45) is 5.73 Å². The number of nitrogens with zero attached hydrogens (tertiary/aromatic N) is 2. The first-order chi connectivity index (χ1) is 9.76. The van der Waals surface area contributed by atoms with E-state index in [2.05, 4.69) is 16.4 Å². The minimum atomic E-state index is -0.481. The zero-order valence-electron chi connectivity index (χ0n) is 11.2. The van der Waals surface area contributed by atoms with E-state index in [1.165, 1.54) is 0 Å². The van der Waals surface area contributed by atoms with E-state index in [9.17, 15) is 0 Å². The van der Waals surface area contributed by atoms with Gasteiger partial charge in [-0.2, -0.15) is 0 Å². The van der Waals surface area contributed by atoms with E-state index in [0.717, 1.165) is 5.69 Å². The number of hydrogen-bond donors (Lipinski definition) is 2. The van der Waals surface area contributed by atoms with Crippen LogP contribution in [0.15, 0.2) is 73.4 Å². The minimum Gasteiger partial charge on any atom is -0.377 e. The topological polar surface area (TPSA) is 55.9 Å². The lowest BCUT2D eigenvalue weighted by molar-refractivity contribution is 0.417. The molecule has 0 bridgehead atoms. The van der Waals surface area contributed by atoms with Crippen molar-refractivity contribution in [2.75, 3.05) is 5.32 Å². The first kappa shape index (κ1) is 12.7. The Labute approximate surface area is 118 Å². The number of nitrogens with one attached hydrogen (secondary N) is 1. The fourth-order valence-corrected chi connectivity index (χ4v) is 2.44. The molecule has 0 saturated heterocycles. The summed E-state index contributed by atoms with van der Waals surface area (Å²) in [6.45, 7) is 0.679. The molecule has 1 heterocycles. The molecule has 1 aliphatic rings. The maximum Gasteiger partial charge on any atom is 0.0946 e. The Morgan fingerprint density at radius 3 is 2.85 bits per heavy atom. The van der Waals surface area contributed by atoms with Gasteiger partial charge in [0.25, 0.3) is 0 Å². The summed E-state index contributed by atoms with van der Waals surface area (Å²) in [5.74, 6) is 0. The van der Waals surface area contributed by atoms with Crippen LogP contribution in [-0.2, 0) is 6.54 Å². The average Bonchev–Trinajstić information content (AvgIpc) is 2.95. The second-order valence-corrected chi connectivity index (χ2v) is 5.08. The van der Waals surface area contributed by atoms with Gasteiger partial charge in [-0.15, -0.1) is 0 Å². The molecule has 4 nitrogen and oxygen atoms in total. The Balaban J connectivity index is 1.80. The molecule has 1 aromatic heterocycles. The van der Waals surface area contributed by atoms with E-state index in [-0.39, 0.29) is 6.04 Å². The number of allylic oxidation sites excluding steroid dienone is 2. The van der Waals surface area contributed by atoms with Crippen LogP contribution in [0.4, 0.5) is 5.69 Å². The number of anilines is 1. The maximum absolute atomic E-state index is 6.59. The molecule has 0 saturated carbocycles. The molecule has 2 atom stereocenters. The lowest BCUT2D eigenvalue weighted by Gasteiger charge is -2.36. The van der Waals surface area contributed by atoms with E-state index < -0.39 is 5.54 Å². The maximum atomic E-state index is 6.59. The summed E-state index contributed by atoms with van der Waals surface area (Å²) < 4.78 is 2.00. The molecular weight excluding hydrogens is 248 g/mol. The third-order valence-corrected chi connectivity index (χ3v) is 3.51. The van der Waals surface area contributed by atoms with E-state index in [1.54, 1.807) is 12.5 Å². The molecule has 0 radical (unpaired) electrons. The highest BCUT2D eigenvalue weighted by molar-refractivity contribution is 5.47. The molecule has 3 N–H and O–H groups in total. The van der Waals surface area contributed by atoms with Crippen molar-refractivity contribution in [3.63, 3.8) is 0 Å². The predicted octanol–water partition coefficient (Wildman–Crippen LogP) is 2.19. The molecule has 102 valence electrons. The van der Waals surface area contributed by atoms with Crippen LogP contribution in [0, 0.1) is 0 Å². The summed E-state index contributed by atoms with van der Waals surface area (Å²) in [6.07, 6.45) is 13.7. The average molecular weight is 266 g/mol. The van der Waals surface area contributed by atoms with Gasteiger partial charge in [-0.25, -0.2) is 4.98 Å². The summed E-state index contributed by atoms with van der Waals surface area (Å²) in [7, 11) is 0. The van der Waals surface area contributed by atoms with Gasteiger partial charge in [-0.05, 0) is 12.1 Å². The van der Waals surface area contributed by atoms with Crippen LogP contribution in [0.25, 0.3) is 0 Å². The standard InChI is InChI=1S/C16H18N4/c17-16(12-20-11-10-18-13-20)9-5-4-8-15(16)19-14-6-2-1-3-7-14/h1-11,13,15,19H,12,17H2. The number of hydrogen-bond acceptors (Lipinski definition) is 3. The number of para-hydroxylation sites is 1. The molecule has 20 heavy (non-hydrogen) atoms. The zero-order valence-corrected chi connectivity index (χ0v) is 11.2. The molecule has 1 aliphatic carbocycles. The van der Waals surface area contributed by atoms with Gasteiger partial charge in [-0.1, -0.05) is 42.5 Å². The van der Waals surface area contributed by atoms with Crippen LogP contribution in [-0.4, -0.2) is 21.1 Å². The van der Waals surface area contributed by atoms with Gasteiger partial charge in [0, 0.05) is 24.6 Å². The quantitative estimate of drug-likeness (QED) is 0.892. The first-order valence-electron chi connectivity index (χ1n) is 6.68. The third kappa shape index (κ3) is 2.65. The Morgan fingerprint density at radius 1 is 1.25 bits per heavy atom. The molecular formula is C16H18N4. The minimum absolute atomic E-state index is 0.0392. The van der Waals surface area contributed by atoms with Gasteiger partial charge in [-0.3, -0.25) is 0 Å². The molecule has 3 rings (SSSR count). The molecule has 0 spiro atoms. The fourth-order valence-electron chi connectivity index (χ4n) is 2.44. The highest BCUT2D eigenvalue weighted by Gasteiger charge is 2.32. The number of rotatable bonds is 4. The second kappa shape index (κ2) is 5.35. The van der Waals surface area contributed by atoms with Crippen LogP contribution in [0.3, 0.4) is 0 Å². The molecule has 4 heteroatoms. The van der Waals surface area contributed by atoms with Gasteiger partial charge < -0.3 is 15.6 Å². The first-order valence-corrected chi connectivity index (χ1v) is 6.68. The van der Waals surface area contributed by atoms with Crippen molar-refractivity contribution in [3.05, 3.63) is 73.4 Å². The summed E-state index contributed by atoms with van der Waals surface area (Å²) in [5, 5.41) is 3.49. The number of benzene rings is 1. The van der Waals surface area contributed by atoms with Crippen molar-refractivity contribution in [1.29, 1.82) is 0 Å². The summed E-state index contributed by atoms with van der Waals surface area (Å²) in [6, 6.07) is 10.2. The Hall–Kier alpha value is -2.33. The van der Waals surface area contributed by atoms with Crippen molar-refractivity contribution in [2.45, 2.75) is 18.1 Å². The van der Waals surface area contributed by atoms with E-state index in [1.807, 2.05) is 59.3 Å². The SMILES string of the molecule is NC1(Cn2ccnc2)C=CC=CC1Nc1ccccc1. The van der Waals surface area contributed by atoms with Crippen LogP contribution < -0.4 is 11.1 Å². The van der Waals surface area contributed by atoms with Crippen LogP contribution in [0.2, 0.25) is 0 Å². The Morgan fingerprint density at radius 2 is 2.10 bits per heavy atom. The van der Waals surface area contributed by atoms with Gasteiger partial charge in [0.2, 0.25) is 0 Å². The van der Waals surface area contributed by atoms with Crippen LogP contribution in [0.5, 0.6) is 0 Å². The molecule has 0 amide bonds. The van der Waals surface area contributed by atoms with E-state index in [4.69, 9.17) is 5.73 Å². The third-order valence-electron chi connectivity index (χ3n) is 3.51. The normalized spacial score (nSPS) is 24.8. The summed E-state index contributed by atoms with van der Waals surface area (Å²) in [4.78, 5) is 4.07. The zero-order chi connectivity index (χ0) is 13.8. The molecule has 0 aliphatic heterocycles. The summed E-state index contributed by atoms with van der Waals surface area (Å²) in [5.41, 5.74) is 7.18. The lowest BCUT2D eigenvalue weighted by Crippen LogP contribution is -2.55. The smallest absolute Gasteiger partial charge is 0.0946 e. The van der Waals surface area contributed by atoms with Crippen LogP contribution >= 0.6 is 0 Å². The molecule has 1 aromatic carbocycles. The van der Waals surface area contributed by atoms with Crippen molar-refractivity contribution in [1.82, 2.24) is 9.55 Å². The Bertz CT molecular complexity index is 601. The Kier molecular flexibility index (Phi) is 3.39. The lowest BCUT2D eigenvalue weighted by atomic mass is 9.86. The monoisotopic (exact) mass is 266 g/mol. The fraction of sp³-hybridized carbons (Fsp3) is 0.188. The molecule has 2 unspecified atom stereocenters. The van der Waals surface area contributed by atoms with Gasteiger partial charge >= 0.3 is 0 Å². The number of imidazole rings is 1. The highest BCUT2D eigenvalue weighted by atomic mass is 15.1. The van der Waals surface area contributed by atoms with Crippen LogP contribution in [0.1, 0.15) is 0 Å². The second-order valence-electron chi connectivity index (χ2n) is 5.08.